The SMILES string of the molecule is CC(N)C1CCN(Cc2cc(Br)cs2)CC1.Cl. The number of rotatable bonds is 3. The van der Waals surface area contributed by atoms with Crippen LogP contribution in [0.15, 0.2) is 15.9 Å². The molecule has 1 saturated heterocycles. The first kappa shape index (κ1) is 15.4. The van der Waals surface area contributed by atoms with Crippen LogP contribution in [0.1, 0.15) is 24.6 Å². The Morgan fingerprint density at radius 1 is 1.53 bits per heavy atom. The highest BCUT2D eigenvalue weighted by Crippen LogP contribution is 2.24. The lowest BCUT2D eigenvalue weighted by atomic mass is 9.91. The number of hydrogen-bond acceptors (Lipinski definition) is 3. The minimum Gasteiger partial charge on any atom is -0.328 e. The van der Waals surface area contributed by atoms with E-state index in [0.29, 0.717) is 6.04 Å². The van der Waals surface area contributed by atoms with E-state index in [4.69, 9.17) is 5.73 Å². The number of thiophene rings is 1. The minimum atomic E-state index is 0. The zero-order valence-corrected chi connectivity index (χ0v) is 13.3. The summed E-state index contributed by atoms with van der Waals surface area (Å²) in [6.45, 7) is 5.63. The van der Waals surface area contributed by atoms with Crippen LogP contribution in [-0.4, -0.2) is 24.0 Å². The fraction of sp³-hybridized carbons (Fsp3) is 0.667. The second kappa shape index (κ2) is 7.10. The lowest BCUT2D eigenvalue weighted by Crippen LogP contribution is -2.39. The molecule has 1 fully saturated rings. The molecule has 0 saturated carbocycles. The Morgan fingerprint density at radius 2 is 2.18 bits per heavy atom. The molecule has 2 N–H and O–H groups in total. The molecule has 2 heterocycles. The molecule has 5 heteroatoms. The van der Waals surface area contributed by atoms with Crippen LogP contribution < -0.4 is 5.73 Å². The first-order valence-corrected chi connectivity index (χ1v) is 7.53. The summed E-state index contributed by atoms with van der Waals surface area (Å²) in [4.78, 5) is 3.99. The summed E-state index contributed by atoms with van der Waals surface area (Å²) >= 11 is 5.34. The molecule has 2 nitrogen and oxygen atoms in total. The largest absolute Gasteiger partial charge is 0.328 e. The molecule has 0 amide bonds. The molecular formula is C12H20BrClN2S. The van der Waals surface area contributed by atoms with E-state index in [1.54, 1.807) is 0 Å². The van der Waals surface area contributed by atoms with E-state index in [0.717, 1.165) is 12.5 Å². The summed E-state index contributed by atoms with van der Waals surface area (Å²) in [7, 11) is 0. The Kier molecular flexibility index (Phi) is 6.45. The second-order valence-electron chi connectivity index (χ2n) is 4.70. The third kappa shape index (κ3) is 4.52. The van der Waals surface area contributed by atoms with Crippen molar-refractivity contribution < 1.29 is 0 Å². The summed E-state index contributed by atoms with van der Waals surface area (Å²) in [5.74, 6) is 0.728. The lowest BCUT2D eigenvalue weighted by Gasteiger charge is -2.33. The number of nitrogens with zero attached hydrogens (tertiary/aromatic N) is 1. The molecule has 1 atom stereocenters. The maximum atomic E-state index is 5.95. The summed E-state index contributed by atoms with van der Waals surface area (Å²) in [5.41, 5.74) is 5.95. The Bertz CT molecular complexity index is 335. The van der Waals surface area contributed by atoms with Crippen molar-refractivity contribution >= 4 is 39.7 Å². The highest BCUT2D eigenvalue weighted by molar-refractivity contribution is 9.10. The molecule has 0 radical (unpaired) electrons. The average molecular weight is 340 g/mol. The van der Waals surface area contributed by atoms with Gasteiger partial charge in [-0.2, -0.15) is 0 Å². The number of nitrogens with two attached hydrogens (primary N) is 1. The van der Waals surface area contributed by atoms with Gasteiger partial charge in [0.25, 0.3) is 0 Å². The highest BCUT2D eigenvalue weighted by atomic mass is 79.9. The van der Waals surface area contributed by atoms with Gasteiger partial charge in [0.2, 0.25) is 0 Å². The number of piperidine rings is 1. The third-order valence-corrected chi connectivity index (χ3v) is 5.06. The molecular weight excluding hydrogens is 320 g/mol. The Balaban J connectivity index is 0.00000144. The van der Waals surface area contributed by atoms with Gasteiger partial charge >= 0.3 is 0 Å². The van der Waals surface area contributed by atoms with Crippen LogP contribution in [0, 0.1) is 5.92 Å². The van der Waals surface area contributed by atoms with Crippen molar-refractivity contribution in [2.75, 3.05) is 13.1 Å². The topological polar surface area (TPSA) is 29.3 Å². The van der Waals surface area contributed by atoms with Crippen LogP contribution in [0.25, 0.3) is 0 Å². The van der Waals surface area contributed by atoms with E-state index >= 15 is 0 Å². The molecule has 1 aliphatic rings. The van der Waals surface area contributed by atoms with Gasteiger partial charge < -0.3 is 5.73 Å². The average Bonchev–Trinajstić information content (AvgIpc) is 2.65. The first-order valence-electron chi connectivity index (χ1n) is 5.86. The van der Waals surface area contributed by atoms with Crippen molar-refractivity contribution in [2.24, 2.45) is 11.7 Å². The fourth-order valence-electron chi connectivity index (χ4n) is 2.29. The van der Waals surface area contributed by atoms with E-state index in [2.05, 4.69) is 39.2 Å². The molecule has 1 aromatic rings. The van der Waals surface area contributed by atoms with Gasteiger partial charge in [-0.15, -0.1) is 23.7 Å². The standard InChI is InChI=1S/C12H19BrN2S.ClH/c1-9(14)10-2-4-15(5-3-10)7-12-6-11(13)8-16-12;/h6,8-10H,2-5,7,14H2,1H3;1H. The number of likely N-dealkylation sites (tertiary alicyclic amines) is 1. The van der Waals surface area contributed by atoms with Gasteiger partial charge in [0.1, 0.15) is 0 Å². The van der Waals surface area contributed by atoms with Gasteiger partial charge in [-0.25, -0.2) is 0 Å². The predicted molar refractivity (Wildman–Crippen MR) is 80.9 cm³/mol. The van der Waals surface area contributed by atoms with Gasteiger partial charge in [-0.3, -0.25) is 4.90 Å². The molecule has 98 valence electrons. The molecule has 1 aromatic heterocycles. The maximum absolute atomic E-state index is 5.95. The van der Waals surface area contributed by atoms with Gasteiger partial charge in [0.05, 0.1) is 0 Å². The zero-order chi connectivity index (χ0) is 11.5. The zero-order valence-electron chi connectivity index (χ0n) is 10.1. The van der Waals surface area contributed by atoms with E-state index < -0.39 is 0 Å². The van der Waals surface area contributed by atoms with Crippen molar-refractivity contribution in [2.45, 2.75) is 32.4 Å². The molecule has 0 bridgehead atoms. The summed E-state index contributed by atoms with van der Waals surface area (Å²) in [6.07, 6.45) is 2.51. The van der Waals surface area contributed by atoms with Crippen LogP contribution in [0.2, 0.25) is 0 Å². The number of hydrogen-bond donors (Lipinski definition) is 1. The van der Waals surface area contributed by atoms with Crippen molar-refractivity contribution in [1.82, 2.24) is 4.90 Å². The quantitative estimate of drug-likeness (QED) is 0.913. The summed E-state index contributed by atoms with van der Waals surface area (Å²) in [5, 5.41) is 2.16. The van der Waals surface area contributed by atoms with Crippen LogP contribution in [0.4, 0.5) is 0 Å². The van der Waals surface area contributed by atoms with E-state index in [-0.39, 0.29) is 12.4 Å². The Labute approximate surface area is 122 Å². The normalized spacial score (nSPS) is 19.9. The van der Waals surface area contributed by atoms with Crippen molar-refractivity contribution in [3.05, 3.63) is 20.8 Å². The molecule has 0 spiro atoms. The van der Waals surface area contributed by atoms with Crippen molar-refractivity contribution in [3.63, 3.8) is 0 Å². The summed E-state index contributed by atoms with van der Waals surface area (Å²) < 4.78 is 1.21. The fourth-order valence-corrected chi connectivity index (χ4v) is 3.79. The monoisotopic (exact) mass is 338 g/mol. The molecule has 17 heavy (non-hydrogen) atoms. The van der Waals surface area contributed by atoms with Crippen LogP contribution in [0.3, 0.4) is 0 Å². The molecule has 2 rings (SSSR count). The maximum Gasteiger partial charge on any atom is 0.0328 e. The van der Waals surface area contributed by atoms with Crippen LogP contribution in [0.5, 0.6) is 0 Å². The lowest BCUT2D eigenvalue weighted by molar-refractivity contribution is 0.167. The van der Waals surface area contributed by atoms with Gasteiger partial charge in [-0.1, -0.05) is 0 Å². The second-order valence-corrected chi connectivity index (χ2v) is 6.62. The van der Waals surface area contributed by atoms with Crippen molar-refractivity contribution in [1.29, 1.82) is 0 Å². The third-order valence-electron chi connectivity index (χ3n) is 3.38. The Morgan fingerprint density at radius 3 is 2.65 bits per heavy atom. The van der Waals surface area contributed by atoms with E-state index in [1.165, 1.54) is 35.3 Å². The van der Waals surface area contributed by atoms with Crippen LogP contribution in [-0.2, 0) is 6.54 Å². The molecule has 1 unspecified atom stereocenters. The molecule has 0 aliphatic carbocycles. The van der Waals surface area contributed by atoms with Crippen LogP contribution >= 0.6 is 39.7 Å². The van der Waals surface area contributed by atoms with E-state index in [9.17, 15) is 0 Å². The van der Waals surface area contributed by atoms with Gasteiger partial charge in [0.15, 0.2) is 0 Å². The predicted octanol–water partition coefficient (Wildman–Crippen LogP) is 3.49. The van der Waals surface area contributed by atoms with E-state index in [1.807, 2.05) is 11.3 Å². The first-order chi connectivity index (χ1) is 7.65. The molecule has 1 aliphatic heterocycles. The minimum absolute atomic E-state index is 0. The summed E-state index contributed by atoms with van der Waals surface area (Å²) in [6, 6.07) is 2.58. The highest BCUT2D eigenvalue weighted by Gasteiger charge is 2.21. The smallest absolute Gasteiger partial charge is 0.0328 e. The Hall–Kier alpha value is 0.390. The number of halogens is 2. The van der Waals surface area contributed by atoms with Gasteiger partial charge in [-0.05, 0) is 60.8 Å². The van der Waals surface area contributed by atoms with Gasteiger partial charge in [0, 0.05) is 27.3 Å². The van der Waals surface area contributed by atoms with Crippen molar-refractivity contribution in [3.8, 4) is 0 Å². The molecule has 0 aromatic carbocycles.